The van der Waals surface area contributed by atoms with Gasteiger partial charge in [-0.2, -0.15) is 0 Å². The van der Waals surface area contributed by atoms with Gasteiger partial charge >= 0.3 is 5.97 Å². The van der Waals surface area contributed by atoms with Crippen LogP contribution in [-0.2, 0) is 21.1 Å². The third-order valence-corrected chi connectivity index (χ3v) is 7.32. The minimum Gasteiger partial charge on any atom is -0.480 e. The van der Waals surface area contributed by atoms with E-state index in [1.165, 1.54) is 29.1 Å². The maximum atomic E-state index is 12.5. The van der Waals surface area contributed by atoms with Gasteiger partial charge in [0.15, 0.2) is 15.1 Å². The lowest BCUT2D eigenvalue weighted by Crippen LogP contribution is -2.30. The molecule has 1 heterocycles. The summed E-state index contributed by atoms with van der Waals surface area (Å²) in [5, 5.41) is 10.4. The first-order chi connectivity index (χ1) is 11.9. The van der Waals surface area contributed by atoms with Crippen molar-refractivity contribution in [3.05, 3.63) is 51.7 Å². The van der Waals surface area contributed by atoms with Crippen LogP contribution in [0.1, 0.15) is 37.0 Å². The number of rotatable bonds is 10. The number of unbranched alkanes of at least 4 members (excludes halogenated alkanes) is 3. The number of aryl methyl sites for hydroxylation is 1. The zero-order valence-electron chi connectivity index (χ0n) is 13.7. The highest BCUT2D eigenvalue weighted by Gasteiger charge is 2.33. The number of aliphatic carboxylic acids is 1. The number of carboxylic acid groups (broad SMARTS) is 1. The van der Waals surface area contributed by atoms with Crippen molar-refractivity contribution in [3.8, 4) is 0 Å². The number of hydrogen-bond donors (Lipinski definition) is 1. The Morgan fingerprint density at radius 2 is 1.76 bits per heavy atom. The van der Waals surface area contributed by atoms with Crippen molar-refractivity contribution < 1.29 is 18.3 Å². The Bertz CT molecular complexity index is 768. The Labute approximate surface area is 157 Å². The predicted octanol–water partition coefficient (Wildman–Crippen LogP) is 4.82. The van der Waals surface area contributed by atoms with Gasteiger partial charge in [-0.05, 0) is 55.0 Å². The second kappa shape index (κ2) is 9.36. The van der Waals surface area contributed by atoms with E-state index in [0.29, 0.717) is 11.4 Å². The molecular weight excluding hydrogens is 380 g/mol. The van der Waals surface area contributed by atoms with Gasteiger partial charge in [0.1, 0.15) is 0 Å². The zero-order chi connectivity index (χ0) is 18.3. The topological polar surface area (TPSA) is 71.4 Å². The monoisotopic (exact) mass is 400 g/mol. The summed E-state index contributed by atoms with van der Waals surface area (Å²) < 4.78 is 25.1. The van der Waals surface area contributed by atoms with Crippen LogP contribution in [0.15, 0.2) is 46.7 Å². The fourth-order valence-electron chi connectivity index (χ4n) is 2.64. The Morgan fingerprint density at radius 3 is 2.36 bits per heavy atom. The molecule has 0 spiro atoms. The Kier molecular flexibility index (Phi) is 7.47. The van der Waals surface area contributed by atoms with Crippen LogP contribution in [0, 0.1) is 0 Å². The normalized spacial score (nSPS) is 12.8. The van der Waals surface area contributed by atoms with E-state index in [-0.39, 0.29) is 11.3 Å². The highest BCUT2D eigenvalue weighted by atomic mass is 35.5. The molecule has 2 aromatic rings. The molecule has 25 heavy (non-hydrogen) atoms. The van der Waals surface area contributed by atoms with E-state index in [1.807, 2.05) is 6.07 Å². The highest BCUT2D eigenvalue weighted by molar-refractivity contribution is 7.92. The molecule has 0 aliphatic rings. The quantitative estimate of drug-likeness (QED) is 0.580. The molecule has 7 heteroatoms. The molecule has 0 aliphatic heterocycles. The summed E-state index contributed by atoms with van der Waals surface area (Å²) in [6, 6.07) is 9.75. The molecule has 0 saturated carbocycles. The predicted molar refractivity (Wildman–Crippen MR) is 101 cm³/mol. The number of carboxylic acids is 1. The lowest BCUT2D eigenvalue weighted by atomic mass is 10.1. The van der Waals surface area contributed by atoms with Gasteiger partial charge in [0.2, 0.25) is 0 Å². The van der Waals surface area contributed by atoms with Gasteiger partial charge in [-0.3, -0.25) is 4.79 Å². The largest absolute Gasteiger partial charge is 0.480 e. The van der Waals surface area contributed by atoms with Crippen molar-refractivity contribution in [2.45, 2.75) is 48.7 Å². The van der Waals surface area contributed by atoms with E-state index in [0.717, 1.165) is 25.7 Å². The van der Waals surface area contributed by atoms with Crippen molar-refractivity contribution in [1.29, 1.82) is 0 Å². The molecule has 0 radical (unpaired) electrons. The molecule has 1 atom stereocenters. The van der Waals surface area contributed by atoms with E-state index in [4.69, 9.17) is 11.6 Å². The standard InChI is InChI=1S/C18H21ClO4S2/c19-14-9-11-16(12-10-14)25(22,23)17(18(20)21)8-4-2-1-3-6-15-7-5-13-24-15/h5,7,9-13,17H,1-4,6,8H2,(H,20,21). The first-order valence-corrected chi connectivity index (χ1v) is 11.0. The van der Waals surface area contributed by atoms with Crippen molar-refractivity contribution in [3.63, 3.8) is 0 Å². The Morgan fingerprint density at radius 1 is 1.08 bits per heavy atom. The average molecular weight is 401 g/mol. The second-order valence-electron chi connectivity index (χ2n) is 5.86. The molecule has 0 amide bonds. The van der Waals surface area contributed by atoms with E-state index in [2.05, 4.69) is 11.4 Å². The fraction of sp³-hybridized carbons (Fsp3) is 0.389. The van der Waals surface area contributed by atoms with Crippen LogP contribution in [0.5, 0.6) is 0 Å². The first kappa shape index (κ1) is 19.9. The van der Waals surface area contributed by atoms with E-state index >= 15 is 0 Å². The molecule has 0 aliphatic carbocycles. The zero-order valence-corrected chi connectivity index (χ0v) is 16.1. The summed E-state index contributed by atoms with van der Waals surface area (Å²) in [7, 11) is -3.90. The van der Waals surface area contributed by atoms with Crippen LogP contribution in [0.2, 0.25) is 5.02 Å². The van der Waals surface area contributed by atoms with Crippen molar-refractivity contribution in [1.82, 2.24) is 0 Å². The minimum absolute atomic E-state index is 0.00185. The van der Waals surface area contributed by atoms with Crippen LogP contribution in [0.25, 0.3) is 0 Å². The van der Waals surface area contributed by atoms with Crippen LogP contribution in [0.3, 0.4) is 0 Å². The molecule has 1 aromatic carbocycles. The van der Waals surface area contributed by atoms with Gasteiger partial charge in [0.05, 0.1) is 4.90 Å². The summed E-state index contributed by atoms with van der Waals surface area (Å²) in [6.07, 6.45) is 4.54. The average Bonchev–Trinajstić information content (AvgIpc) is 3.07. The molecule has 4 nitrogen and oxygen atoms in total. The number of sulfone groups is 1. The number of hydrogen-bond acceptors (Lipinski definition) is 4. The van der Waals surface area contributed by atoms with Gasteiger partial charge in [-0.1, -0.05) is 36.9 Å². The van der Waals surface area contributed by atoms with Gasteiger partial charge < -0.3 is 5.11 Å². The molecular formula is C18H21ClO4S2. The number of thiophene rings is 1. The van der Waals surface area contributed by atoms with Crippen molar-refractivity contribution in [2.24, 2.45) is 0 Å². The summed E-state index contributed by atoms with van der Waals surface area (Å²) in [4.78, 5) is 12.8. The molecule has 1 N–H and O–H groups in total. The van der Waals surface area contributed by atoms with Gasteiger partial charge in [0.25, 0.3) is 0 Å². The molecule has 0 bridgehead atoms. The first-order valence-electron chi connectivity index (χ1n) is 8.16. The van der Waals surface area contributed by atoms with Crippen LogP contribution in [-0.4, -0.2) is 24.7 Å². The summed E-state index contributed by atoms with van der Waals surface area (Å²) in [5.41, 5.74) is 0. The third kappa shape index (κ3) is 5.83. The maximum absolute atomic E-state index is 12.5. The van der Waals surface area contributed by atoms with Crippen molar-refractivity contribution in [2.75, 3.05) is 0 Å². The van der Waals surface area contributed by atoms with Gasteiger partial charge in [-0.15, -0.1) is 11.3 Å². The molecule has 1 unspecified atom stereocenters. The van der Waals surface area contributed by atoms with E-state index in [1.54, 1.807) is 11.3 Å². The van der Waals surface area contributed by atoms with Crippen LogP contribution >= 0.6 is 22.9 Å². The van der Waals surface area contributed by atoms with Crippen LogP contribution < -0.4 is 0 Å². The fourth-order valence-corrected chi connectivity index (χ4v) is 5.10. The molecule has 1 aromatic heterocycles. The van der Waals surface area contributed by atoms with Gasteiger partial charge in [-0.25, -0.2) is 8.42 Å². The number of carbonyl (C=O) groups is 1. The maximum Gasteiger partial charge on any atom is 0.322 e. The molecule has 136 valence electrons. The van der Waals surface area contributed by atoms with Crippen LogP contribution in [0.4, 0.5) is 0 Å². The minimum atomic E-state index is -3.90. The lowest BCUT2D eigenvalue weighted by molar-refractivity contribution is -0.136. The number of benzene rings is 1. The Hall–Kier alpha value is -1.37. The number of halogens is 1. The van der Waals surface area contributed by atoms with Gasteiger partial charge in [0, 0.05) is 9.90 Å². The summed E-state index contributed by atoms with van der Waals surface area (Å²) >= 11 is 7.49. The summed E-state index contributed by atoms with van der Waals surface area (Å²) in [6.45, 7) is 0. The van der Waals surface area contributed by atoms with E-state index < -0.39 is 21.1 Å². The smallest absolute Gasteiger partial charge is 0.322 e. The van der Waals surface area contributed by atoms with E-state index in [9.17, 15) is 18.3 Å². The summed E-state index contributed by atoms with van der Waals surface area (Å²) in [5.74, 6) is -1.30. The SMILES string of the molecule is O=C(O)C(CCCCCCc1cccs1)S(=O)(=O)c1ccc(Cl)cc1. The molecule has 2 rings (SSSR count). The molecule has 0 saturated heterocycles. The second-order valence-corrected chi connectivity index (χ2v) is 9.46. The Balaban J connectivity index is 1.85. The highest BCUT2D eigenvalue weighted by Crippen LogP contribution is 2.23. The lowest BCUT2D eigenvalue weighted by Gasteiger charge is -2.13. The third-order valence-electron chi connectivity index (χ3n) is 4.01. The molecule has 0 fully saturated rings. The van der Waals surface area contributed by atoms with Crippen molar-refractivity contribution >= 4 is 38.7 Å².